The lowest BCUT2D eigenvalue weighted by Crippen LogP contribution is -1.95. The molecule has 0 saturated heterocycles. The fraction of sp³-hybridized carbons (Fsp3) is 0.0833. The monoisotopic (exact) mass is 368 g/mol. The van der Waals surface area contributed by atoms with Crippen molar-refractivity contribution in [3.8, 4) is 0 Å². The van der Waals surface area contributed by atoms with Crippen LogP contribution in [-0.2, 0) is 0 Å². The highest BCUT2D eigenvalue weighted by Gasteiger charge is 2.05. The number of aryl methyl sites for hydroxylation is 1. The van der Waals surface area contributed by atoms with Gasteiger partial charge < -0.3 is 5.32 Å². The molecule has 0 aliphatic rings. The fourth-order valence-electron chi connectivity index (χ4n) is 1.56. The van der Waals surface area contributed by atoms with Crippen LogP contribution in [0.2, 0.25) is 0 Å². The van der Waals surface area contributed by atoms with Crippen LogP contribution in [0.4, 0.5) is 11.1 Å². The van der Waals surface area contributed by atoms with E-state index in [9.17, 15) is 0 Å². The number of fused-ring (bicyclic) bond motifs is 1. The van der Waals surface area contributed by atoms with Crippen LogP contribution in [0.3, 0.4) is 0 Å². The molecule has 1 aromatic carbocycles. The summed E-state index contributed by atoms with van der Waals surface area (Å²) in [6.45, 7) is 2.08. The lowest BCUT2D eigenvalue weighted by atomic mass is 10.2. The summed E-state index contributed by atoms with van der Waals surface area (Å²) in [5.74, 6) is 0.575. The molecule has 3 aromatic rings. The van der Waals surface area contributed by atoms with Crippen LogP contribution >= 0.6 is 33.9 Å². The fourth-order valence-corrected chi connectivity index (χ4v) is 2.79. The van der Waals surface area contributed by atoms with E-state index >= 15 is 0 Å². The molecule has 3 rings (SSSR count). The summed E-state index contributed by atoms with van der Waals surface area (Å²) in [5, 5.41) is 3.94. The van der Waals surface area contributed by atoms with Crippen molar-refractivity contribution < 1.29 is 0 Å². The first kappa shape index (κ1) is 11.8. The zero-order chi connectivity index (χ0) is 12.5. The molecule has 0 spiro atoms. The molecule has 90 valence electrons. The van der Waals surface area contributed by atoms with E-state index < -0.39 is 0 Å². The van der Waals surface area contributed by atoms with Gasteiger partial charge in [0, 0.05) is 16.0 Å². The molecule has 2 heterocycles. The molecule has 6 heteroatoms. The maximum Gasteiger partial charge on any atom is 0.228 e. The van der Waals surface area contributed by atoms with Gasteiger partial charge in [0.05, 0.1) is 10.2 Å². The van der Waals surface area contributed by atoms with Gasteiger partial charge in [0.15, 0.2) is 5.13 Å². The van der Waals surface area contributed by atoms with Crippen molar-refractivity contribution in [2.24, 2.45) is 0 Å². The van der Waals surface area contributed by atoms with Crippen molar-refractivity contribution in [3.05, 3.63) is 39.7 Å². The molecular formula is C12H9IN4S. The molecule has 0 unspecified atom stereocenters. The zero-order valence-corrected chi connectivity index (χ0v) is 12.5. The summed E-state index contributed by atoms with van der Waals surface area (Å²) < 4.78 is 2.18. The summed E-state index contributed by atoms with van der Waals surface area (Å²) >= 11 is 3.78. The maximum atomic E-state index is 4.50. The number of nitrogens with zero attached hydrogens (tertiary/aromatic N) is 3. The van der Waals surface area contributed by atoms with E-state index in [-0.39, 0.29) is 0 Å². The van der Waals surface area contributed by atoms with Gasteiger partial charge in [-0.1, -0.05) is 17.4 Å². The largest absolute Gasteiger partial charge is 0.300 e. The Morgan fingerprint density at radius 1 is 1.22 bits per heavy atom. The van der Waals surface area contributed by atoms with Crippen molar-refractivity contribution in [2.75, 3.05) is 5.32 Å². The Labute approximate surface area is 122 Å². The Morgan fingerprint density at radius 3 is 2.78 bits per heavy atom. The molecule has 0 saturated carbocycles. The van der Waals surface area contributed by atoms with Crippen molar-refractivity contribution in [3.63, 3.8) is 0 Å². The van der Waals surface area contributed by atoms with Crippen LogP contribution in [0.5, 0.6) is 0 Å². The van der Waals surface area contributed by atoms with Crippen LogP contribution in [-0.4, -0.2) is 15.0 Å². The molecule has 2 aromatic heterocycles. The Hall–Kier alpha value is -1.28. The van der Waals surface area contributed by atoms with Crippen LogP contribution in [0.1, 0.15) is 5.56 Å². The quantitative estimate of drug-likeness (QED) is 0.701. The molecule has 0 radical (unpaired) electrons. The molecule has 1 N–H and O–H groups in total. The Morgan fingerprint density at radius 2 is 2.00 bits per heavy atom. The van der Waals surface area contributed by atoms with E-state index in [1.165, 1.54) is 10.3 Å². The predicted octanol–water partition coefficient (Wildman–Crippen LogP) is 3.74. The number of benzene rings is 1. The number of halogens is 1. The Balaban J connectivity index is 1.92. The van der Waals surface area contributed by atoms with Gasteiger partial charge in [-0.3, -0.25) is 0 Å². The van der Waals surface area contributed by atoms with Gasteiger partial charge in [0.1, 0.15) is 0 Å². The minimum atomic E-state index is 0.575. The van der Waals surface area contributed by atoms with Crippen molar-refractivity contribution in [2.45, 2.75) is 6.92 Å². The van der Waals surface area contributed by atoms with Gasteiger partial charge in [-0.2, -0.15) is 0 Å². The van der Waals surface area contributed by atoms with Gasteiger partial charge in [-0.25, -0.2) is 15.0 Å². The number of hydrogen-bond acceptors (Lipinski definition) is 5. The highest BCUT2D eigenvalue weighted by atomic mass is 127. The SMILES string of the molecule is Cc1ccc2nc(Nc3ncc(I)cn3)sc2c1. The van der Waals surface area contributed by atoms with E-state index in [0.29, 0.717) is 5.95 Å². The number of hydrogen-bond donors (Lipinski definition) is 1. The maximum absolute atomic E-state index is 4.50. The summed E-state index contributed by atoms with van der Waals surface area (Å²) in [7, 11) is 0. The first-order valence-electron chi connectivity index (χ1n) is 5.32. The molecular weight excluding hydrogens is 359 g/mol. The normalized spacial score (nSPS) is 10.8. The van der Waals surface area contributed by atoms with Crippen molar-refractivity contribution >= 4 is 55.2 Å². The number of aromatic nitrogens is 3. The van der Waals surface area contributed by atoms with E-state index in [1.54, 1.807) is 23.7 Å². The summed E-state index contributed by atoms with van der Waals surface area (Å²) in [6.07, 6.45) is 3.54. The van der Waals surface area contributed by atoms with Gasteiger partial charge in [0.2, 0.25) is 5.95 Å². The first-order chi connectivity index (χ1) is 8.70. The van der Waals surface area contributed by atoms with Gasteiger partial charge in [0.25, 0.3) is 0 Å². The predicted molar refractivity (Wildman–Crippen MR) is 82.4 cm³/mol. The minimum absolute atomic E-state index is 0.575. The third-order valence-corrected chi connectivity index (χ3v) is 3.87. The third kappa shape index (κ3) is 2.44. The molecule has 0 atom stereocenters. The number of anilines is 2. The summed E-state index contributed by atoms with van der Waals surface area (Å²) in [5.41, 5.74) is 2.24. The molecule has 0 fully saturated rings. The molecule has 0 amide bonds. The Bertz CT molecular complexity index is 693. The molecule has 0 aliphatic carbocycles. The number of thiazole rings is 1. The van der Waals surface area contributed by atoms with Gasteiger partial charge in [-0.05, 0) is 47.2 Å². The zero-order valence-electron chi connectivity index (χ0n) is 9.51. The first-order valence-corrected chi connectivity index (χ1v) is 7.22. The molecule has 18 heavy (non-hydrogen) atoms. The van der Waals surface area contributed by atoms with Crippen LogP contribution in [0.25, 0.3) is 10.2 Å². The topological polar surface area (TPSA) is 50.7 Å². The van der Waals surface area contributed by atoms with E-state index in [1.807, 2.05) is 6.07 Å². The van der Waals surface area contributed by atoms with Crippen molar-refractivity contribution in [1.29, 1.82) is 0 Å². The van der Waals surface area contributed by atoms with E-state index in [0.717, 1.165) is 14.2 Å². The highest BCUT2D eigenvalue weighted by Crippen LogP contribution is 2.27. The smallest absolute Gasteiger partial charge is 0.228 e. The van der Waals surface area contributed by atoms with E-state index in [2.05, 4.69) is 61.9 Å². The number of rotatable bonds is 2. The van der Waals surface area contributed by atoms with E-state index in [4.69, 9.17) is 0 Å². The second kappa shape index (κ2) is 4.77. The third-order valence-electron chi connectivity index (χ3n) is 2.38. The molecule has 0 bridgehead atoms. The average Bonchev–Trinajstić information content (AvgIpc) is 2.73. The molecule has 4 nitrogen and oxygen atoms in total. The lowest BCUT2D eigenvalue weighted by molar-refractivity contribution is 1.15. The van der Waals surface area contributed by atoms with Crippen LogP contribution in [0, 0.1) is 10.5 Å². The van der Waals surface area contributed by atoms with Crippen LogP contribution < -0.4 is 5.32 Å². The summed E-state index contributed by atoms with van der Waals surface area (Å²) in [4.78, 5) is 12.9. The summed E-state index contributed by atoms with van der Waals surface area (Å²) in [6, 6.07) is 6.22. The second-order valence-electron chi connectivity index (χ2n) is 3.84. The highest BCUT2D eigenvalue weighted by molar-refractivity contribution is 14.1. The van der Waals surface area contributed by atoms with Gasteiger partial charge >= 0.3 is 0 Å². The lowest BCUT2D eigenvalue weighted by Gasteiger charge is -1.98. The average molecular weight is 368 g/mol. The van der Waals surface area contributed by atoms with Gasteiger partial charge in [-0.15, -0.1) is 0 Å². The Kier molecular flexibility index (Phi) is 3.13. The standard InChI is InChI=1S/C12H9IN4S/c1-7-2-3-9-10(4-7)18-12(16-9)17-11-14-5-8(13)6-15-11/h2-6H,1H3,(H,14,15,16,17). The second-order valence-corrected chi connectivity index (χ2v) is 6.12. The molecule has 0 aliphatic heterocycles. The number of nitrogens with one attached hydrogen (secondary N) is 1. The van der Waals surface area contributed by atoms with Crippen LogP contribution in [0.15, 0.2) is 30.6 Å². The minimum Gasteiger partial charge on any atom is -0.300 e. The van der Waals surface area contributed by atoms with Crippen molar-refractivity contribution in [1.82, 2.24) is 15.0 Å².